The van der Waals surface area contributed by atoms with Crippen LogP contribution in [0.4, 0.5) is 0 Å². The number of hydrogen-bond acceptors (Lipinski definition) is 3. The van der Waals surface area contributed by atoms with E-state index in [4.69, 9.17) is 0 Å². The molecular formula is C17H20N2O2. The molecule has 0 saturated carbocycles. The third kappa shape index (κ3) is 4.33. The minimum absolute atomic E-state index is 0.0743. The predicted molar refractivity (Wildman–Crippen MR) is 83.3 cm³/mol. The summed E-state index contributed by atoms with van der Waals surface area (Å²) < 4.78 is 0. The lowest BCUT2D eigenvalue weighted by Gasteiger charge is -2.10. The van der Waals surface area contributed by atoms with E-state index < -0.39 is 0 Å². The third-order valence-corrected chi connectivity index (χ3v) is 3.30. The number of carbonyl (C=O) groups is 1. The van der Waals surface area contributed by atoms with Crippen LogP contribution in [0.2, 0.25) is 0 Å². The third-order valence-electron chi connectivity index (χ3n) is 3.30. The molecule has 0 fully saturated rings. The van der Waals surface area contributed by atoms with Crippen molar-refractivity contribution in [1.29, 1.82) is 0 Å². The molecule has 0 bridgehead atoms. The molecule has 3 N–H and O–H groups in total. The highest BCUT2D eigenvalue weighted by Gasteiger charge is 2.10. The topological polar surface area (TPSA) is 61.4 Å². The fourth-order valence-corrected chi connectivity index (χ4v) is 2.11. The molecule has 2 aromatic carbocycles. The molecule has 110 valence electrons. The van der Waals surface area contributed by atoms with Crippen LogP contribution in [0, 0.1) is 0 Å². The van der Waals surface area contributed by atoms with E-state index in [1.165, 1.54) is 0 Å². The second-order valence-corrected chi connectivity index (χ2v) is 4.86. The van der Waals surface area contributed by atoms with E-state index in [1.54, 1.807) is 24.3 Å². The van der Waals surface area contributed by atoms with Crippen LogP contribution >= 0.6 is 0 Å². The number of benzene rings is 2. The van der Waals surface area contributed by atoms with Crippen molar-refractivity contribution in [3.63, 3.8) is 0 Å². The van der Waals surface area contributed by atoms with Crippen LogP contribution in [-0.2, 0) is 13.0 Å². The van der Waals surface area contributed by atoms with Gasteiger partial charge in [-0.05, 0) is 49.3 Å². The summed E-state index contributed by atoms with van der Waals surface area (Å²) in [5, 5.41) is 15.2. The average molecular weight is 284 g/mol. The molecule has 0 spiro atoms. The first-order valence-electron chi connectivity index (χ1n) is 6.99. The Hall–Kier alpha value is -2.33. The van der Waals surface area contributed by atoms with E-state index in [2.05, 4.69) is 10.6 Å². The number of rotatable bonds is 6. The summed E-state index contributed by atoms with van der Waals surface area (Å²) in [5.74, 6) is 0.150. The van der Waals surface area contributed by atoms with E-state index in [0.717, 1.165) is 24.1 Å². The Balaban J connectivity index is 2.01. The molecule has 0 radical (unpaired) electrons. The van der Waals surface area contributed by atoms with Gasteiger partial charge in [0.15, 0.2) is 0 Å². The van der Waals surface area contributed by atoms with Gasteiger partial charge in [0.1, 0.15) is 5.75 Å². The lowest BCUT2D eigenvalue weighted by atomic mass is 10.0. The van der Waals surface area contributed by atoms with Gasteiger partial charge in [0.2, 0.25) is 0 Å². The predicted octanol–water partition coefficient (Wildman–Crippen LogP) is 2.08. The van der Waals surface area contributed by atoms with Crippen molar-refractivity contribution >= 4 is 5.91 Å². The van der Waals surface area contributed by atoms with E-state index in [-0.39, 0.29) is 11.7 Å². The second kappa shape index (κ2) is 7.45. The number of phenolic OH excluding ortho intramolecular Hbond substituents is 1. The van der Waals surface area contributed by atoms with Crippen molar-refractivity contribution in [2.45, 2.75) is 13.0 Å². The van der Waals surface area contributed by atoms with E-state index in [1.807, 2.05) is 31.3 Å². The van der Waals surface area contributed by atoms with Gasteiger partial charge in [0.05, 0.1) is 0 Å². The second-order valence-electron chi connectivity index (χ2n) is 4.86. The molecule has 0 aliphatic rings. The Morgan fingerprint density at radius 1 is 1.10 bits per heavy atom. The van der Waals surface area contributed by atoms with Gasteiger partial charge in [0, 0.05) is 12.1 Å². The lowest BCUT2D eigenvalue weighted by molar-refractivity contribution is 0.0950. The lowest BCUT2D eigenvalue weighted by Crippen LogP contribution is -2.24. The summed E-state index contributed by atoms with van der Waals surface area (Å²) in [6, 6.07) is 14.5. The summed E-state index contributed by atoms with van der Waals surface area (Å²) in [6.07, 6.45) is 0.819. The number of hydrogen-bond donors (Lipinski definition) is 3. The Morgan fingerprint density at radius 3 is 2.52 bits per heavy atom. The number of phenols is 1. The highest BCUT2D eigenvalue weighted by molar-refractivity contribution is 5.95. The first-order chi connectivity index (χ1) is 10.2. The summed E-state index contributed by atoms with van der Waals surface area (Å²) in [4.78, 5) is 12.3. The van der Waals surface area contributed by atoms with Gasteiger partial charge in [-0.15, -0.1) is 0 Å². The van der Waals surface area contributed by atoms with Crippen LogP contribution in [0.15, 0.2) is 48.5 Å². The first kappa shape index (κ1) is 15.1. The molecule has 4 heteroatoms. The fraction of sp³-hybridized carbons (Fsp3) is 0.235. The quantitative estimate of drug-likeness (QED) is 0.761. The Bertz CT molecular complexity index is 594. The van der Waals surface area contributed by atoms with Crippen molar-refractivity contribution in [3.8, 4) is 5.75 Å². The maximum Gasteiger partial charge on any atom is 0.251 e. The Kier molecular flexibility index (Phi) is 5.35. The van der Waals surface area contributed by atoms with Gasteiger partial charge in [-0.25, -0.2) is 0 Å². The summed E-state index contributed by atoms with van der Waals surface area (Å²) >= 11 is 0. The molecule has 0 aliphatic carbocycles. The van der Waals surface area contributed by atoms with E-state index >= 15 is 0 Å². The van der Waals surface area contributed by atoms with Gasteiger partial charge >= 0.3 is 0 Å². The number of likely N-dealkylation sites (N-methyl/N-ethyl adjacent to an activating group) is 1. The Labute approximate surface area is 124 Å². The summed E-state index contributed by atoms with van der Waals surface area (Å²) in [7, 11) is 1.90. The van der Waals surface area contributed by atoms with Crippen LogP contribution in [-0.4, -0.2) is 24.6 Å². The van der Waals surface area contributed by atoms with Crippen LogP contribution in [0.3, 0.4) is 0 Å². The maximum absolute atomic E-state index is 12.3. The molecule has 0 unspecified atom stereocenters. The zero-order valence-electron chi connectivity index (χ0n) is 12.1. The molecule has 2 rings (SSSR count). The van der Waals surface area contributed by atoms with Gasteiger partial charge in [0.25, 0.3) is 5.91 Å². The molecule has 0 aliphatic heterocycles. The smallest absolute Gasteiger partial charge is 0.251 e. The largest absolute Gasteiger partial charge is 0.508 e. The fourth-order valence-electron chi connectivity index (χ4n) is 2.11. The molecule has 4 nitrogen and oxygen atoms in total. The minimum Gasteiger partial charge on any atom is -0.508 e. The van der Waals surface area contributed by atoms with E-state index in [0.29, 0.717) is 12.1 Å². The Morgan fingerprint density at radius 2 is 1.81 bits per heavy atom. The van der Waals surface area contributed by atoms with Gasteiger partial charge in [-0.1, -0.05) is 30.3 Å². The highest BCUT2D eigenvalue weighted by atomic mass is 16.3. The van der Waals surface area contributed by atoms with E-state index in [9.17, 15) is 9.90 Å². The van der Waals surface area contributed by atoms with Gasteiger partial charge in [-0.2, -0.15) is 0 Å². The molecule has 0 saturated heterocycles. The molecule has 21 heavy (non-hydrogen) atoms. The molecule has 2 aromatic rings. The highest BCUT2D eigenvalue weighted by Crippen LogP contribution is 2.11. The zero-order chi connectivity index (χ0) is 15.1. The average Bonchev–Trinajstić information content (AvgIpc) is 2.52. The minimum atomic E-state index is -0.0743. The number of amides is 1. The summed E-state index contributed by atoms with van der Waals surface area (Å²) in [5.41, 5.74) is 2.70. The van der Waals surface area contributed by atoms with Crippen molar-refractivity contribution in [2.75, 3.05) is 13.6 Å². The number of aromatic hydroxyl groups is 1. The molecule has 0 aromatic heterocycles. The first-order valence-corrected chi connectivity index (χ1v) is 6.99. The van der Waals surface area contributed by atoms with Crippen molar-refractivity contribution < 1.29 is 9.90 Å². The monoisotopic (exact) mass is 284 g/mol. The number of nitrogens with one attached hydrogen (secondary N) is 2. The standard InChI is InChI=1S/C17H20N2O2/c1-18-11-10-14-4-2-3-5-16(14)17(21)19-12-13-6-8-15(20)9-7-13/h2-9,18,20H,10-12H2,1H3,(H,19,21). The van der Waals surface area contributed by atoms with Crippen molar-refractivity contribution in [2.24, 2.45) is 0 Å². The molecule has 1 amide bonds. The van der Waals surface area contributed by atoms with Crippen molar-refractivity contribution in [1.82, 2.24) is 10.6 Å². The zero-order valence-corrected chi connectivity index (χ0v) is 12.1. The normalized spacial score (nSPS) is 10.3. The van der Waals surface area contributed by atoms with Gasteiger partial charge in [-0.3, -0.25) is 4.79 Å². The maximum atomic E-state index is 12.3. The number of carbonyl (C=O) groups excluding carboxylic acids is 1. The van der Waals surface area contributed by atoms with Crippen LogP contribution in [0.5, 0.6) is 5.75 Å². The van der Waals surface area contributed by atoms with Crippen LogP contribution in [0.25, 0.3) is 0 Å². The van der Waals surface area contributed by atoms with Crippen LogP contribution < -0.4 is 10.6 Å². The van der Waals surface area contributed by atoms with Crippen LogP contribution in [0.1, 0.15) is 21.5 Å². The molecular weight excluding hydrogens is 264 g/mol. The van der Waals surface area contributed by atoms with Gasteiger partial charge < -0.3 is 15.7 Å². The van der Waals surface area contributed by atoms with Crippen molar-refractivity contribution in [3.05, 3.63) is 65.2 Å². The summed E-state index contributed by atoms with van der Waals surface area (Å²) in [6.45, 7) is 1.28. The SMILES string of the molecule is CNCCc1ccccc1C(=O)NCc1ccc(O)cc1. The molecule has 0 heterocycles. The molecule has 0 atom stereocenters.